The predicted molar refractivity (Wildman–Crippen MR) is 41.2 cm³/mol. The first-order chi connectivity index (χ1) is 5.61. The maximum atomic E-state index is 11.8. The molecule has 4 heteroatoms. The number of halogens is 2. The topological polar surface area (TPSA) is 43.1 Å². The average Bonchev–Trinajstić information content (AvgIpc) is 2.04. The van der Waals surface area contributed by atoms with Gasteiger partial charge in [0.15, 0.2) is 0 Å². The van der Waals surface area contributed by atoms with E-state index in [-0.39, 0.29) is 5.56 Å². The van der Waals surface area contributed by atoms with E-state index in [1.807, 2.05) is 0 Å². The molecule has 0 fully saturated rings. The Hall–Kier alpha value is -1.45. The highest BCUT2D eigenvalue weighted by molar-refractivity contribution is 5.98. The molecule has 1 aromatic carbocycles. The van der Waals surface area contributed by atoms with Gasteiger partial charge in [-0.15, -0.1) is 0 Å². The predicted octanol–water partition coefficient (Wildman–Crippen LogP) is 1.72. The Labute approximate surface area is 68.0 Å². The summed E-state index contributed by atoms with van der Waals surface area (Å²) in [6, 6.07) is 5.39. The van der Waals surface area contributed by atoms with Crippen molar-refractivity contribution in [3.05, 3.63) is 29.8 Å². The van der Waals surface area contributed by atoms with Crippen LogP contribution in [0.1, 0.15) is 10.4 Å². The molecule has 0 saturated heterocycles. The van der Waals surface area contributed by atoms with Crippen molar-refractivity contribution < 1.29 is 13.6 Å². The third kappa shape index (κ3) is 1.78. The summed E-state index contributed by atoms with van der Waals surface area (Å²) in [7, 11) is 0. The van der Waals surface area contributed by atoms with E-state index in [1.165, 1.54) is 24.3 Å². The molecular weight excluding hydrogens is 164 g/mol. The van der Waals surface area contributed by atoms with Gasteiger partial charge in [0.25, 0.3) is 0 Å². The number of ketones is 1. The largest absolute Gasteiger partial charge is 0.399 e. The molecule has 0 aliphatic carbocycles. The van der Waals surface area contributed by atoms with E-state index in [4.69, 9.17) is 5.73 Å². The van der Waals surface area contributed by atoms with E-state index < -0.39 is 12.2 Å². The van der Waals surface area contributed by atoms with Crippen LogP contribution >= 0.6 is 0 Å². The summed E-state index contributed by atoms with van der Waals surface area (Å²) in [6.07, 6.45) is -2.95. The van der Waals surface area contributed by atoms with Crippen molar-refractivity contribution in [1.29, 1.82) is 0 Å². The average molecular weight is 171 g/mol. The third-order valence-electron chi connectivity index (χ3n) is 1.39. The molecule has 64 valence electrons. The van der Waals surface area contributed by atoms with E-state index in [0.717, 1.165) is 0 Å². The zero-order valence-corrected chi connectivity index (χ0v) is 6.13. The number of nitrogens with two attached hydrogens (primary N) is 1. The fourth-order valence-electron chi connectivity index (χ4n) is 0.773. The molecule has 12 heavy (non-hydrogen) atoms. The monoisotopic (exact) mass is 171 g/mol. The Balaban J connectivity index is 2.90. The normalized spacial score (nSPS) is 10.2. The molecule has 1 aromatic rings. The summed E-state index contributed by atoms with van der Waals surface area (Å²) in [6.45, 7) is 0. The van der Waals surface area contributed by atoms with Crippen LogP contribution in [0.5, 0.6) is 0 Å². The van der Waals surface area contributed by atoms with Crippen LogP contribution in [0.25, 0.3) is 0 Å². The van der Waals surface area contributed by atoms with Gasteiger partial charge in [-0.05, 0) is 24.3 Å². The molecule has 0 spiro atoms. The molecule has 0 radical (unpaired) electrons. The number of carbonyl (C=O) groups excluding carboxylic acids is 1. The summed E-state index contributed by atoms with van der Waals surface area (Å²) in [4.78, 5) is 10.7. The van der Waals surface area contributed by atoms with Crippen molar-refractivity contribution in [2.75, 3.05) is 5.73 Å². The van der Waals surface area contributed by atoms with E-state index in [9.17, 15) is 13.6 Å². The number of Topliss-reactive ketones (excluding diaryl/α,β-unsaturated/α-hetero) is 1. The zero-order chi connectivity index (χ0) is 9.14. The van der Waals surface area contributed by atoms with Crippen LogP contribution in [0.2, 0.25) is 0 Å². The second-order valence-electron chi connectivity index (χ2n) is 2.29. The molecule has 0 aliphatic rings. The Morgan fingerprint density at radius 1 is 1.25 bits per heavy atom. The van der Waals surface area contributed by atoms with Crippen LogP contribution in [0.3, 0.4) is 0 Å². The molecule has 0 unspecified atom stereocenters. The van der Waals surface area contributed by atoms with Crippen molar-refractivity contribution in [2.45, 2.75) is 6.43 Å². The first-order valence-electron chi connectivity index (χ1n) is 3.29. The van der Waals surface area contributed by atoms with E-state index in [0.29, 0.717) is 5.69 Å². The van der Waals surface area contributed by atoms with E-state index in [2.05, 4.69) is 0 Å². The maximum Gasteiger partial charge on any atom is 0.300 e. The van der Waals surface area contributed by atoms with Crippen LogP contribution in [-0.2, 0) is 0 Å². The summed E-state index contributed by atoms with van der Waals surface area (Å²) >= 11 is 0. The molecule has 2 N–H and O–H groups in total. The Morgan fingerprint density at radius 3 is 2.17 bits per heavy atom. The molecule has 2 nitrogen and oxygen atoms in total. The summed E-state index contributed by atoms with van der Waals surface area (Å²) in [5.74, 6) is -1.17. The number of rotatable bonds is 2. The fourth-order valence-corrected chi connectivity index (χ4v) is 0.773. The van der Waals surface area contributed by atoms with Crippen molar-refractivity contribution in [3.63, 3.8) is 0 Å². The van der Waals surface area contributed by atoms with Crippen molar-refractivity contribution in [3.8, 4) is 0 Å². The second kappa shape index (κ2) is 3.30. The molecule has 0 heterocycles. The number of carbonyl (C=O) groups is 1. The number of hydrogen-bond donors (Lipinski definition) is 1. The molecule has 0 aromatic heterocycles. The summed E-state index contributed by atoms with van der Waals surface area (Å²) < 4.78 is 23.7. The summed E-state index contributed by atoms with van der Waals surface area (Å²) in [5.41, 5.74) is 5.73. The van der Waals surface area contributed by atoms with Crippen molar-refractivity contribution in [2.24, 2.45) is 0 Å². The Morgan fingerprint density at radius 2 is 1.75 bits per heavy atom. The smallest absolute Gasteiger partial charge is 0.300 e. The van der Waals surface area contributed by atoms with Crippen LogP contribution < -0.4 is 5.73 Å². The van der Waals surface area contributed by atoms with Gasteiger partial charge < -0.3 is 5.73 Å². The first-order valence-corrected chi connectivity index (χ1v) is 3.29. The van der Waals surface area contributed by atoms with Gasteiger partial charge in [0.05, 0.1) is 0 Å². The molecule has 0 bridgehead atoms. The minimum atomic E-state index is -2.95. The van der Waals surface area contributed by atoms with Gasteiger partial charge in [-0.25, -0.2) is 8.78 Å². The fraction of sp³-hybridized carbons (Fsp3) is 0.125. The molecule has 1 rings (SSSR count). The number of hydrogen-bond acceptors (Lipinski definition) is 2. The molecule has 0 amide bonds. The maximum absolute atomic E-state index is 11.8. The number of benzene rings is 1. The van der Waals surface area contributed by atoms with Gasteiger partial charge >= 0.3 is 6.43 Å². The number of anilines is 1. The standard InChI is InChI=1S/C8H7F2NO/c9-8(10)7(12)5-1-3-6(11)4-2-5/h1-4,8H,11H2. The molecular formula is C8H7F2NO. The SMILES string of the molecule is Nc1ccc(C(=O)C(F)F)cc1. The highest BCUT2D eigenvalue weighted by Crippen LogP contribution is 2.09. The number of alkyl halides is 2. The molecule has 0 atom stereocenters. The Bertz CT molecular complexity index is 282. The first kappa shape index (κ1) is 8.64. The lowest BCUT2D eigenvalue weighted by molar-refractivity contribution is 0.0679. The van der Waals surface area contributed by atoms with Gasteiger partial charge in [0, 0.05) is 11.3 Å². The quantitative estimate of drug-likeness (QED) is 0.543. The Kier molecular flexibility index (Phi) is 2.38. The highest BCUT2D eigenvalue weighted by atomic mass is 19.3. The van der Waals surface area contributed by atoms with Crippen molar-refractivity contribution in [1.82, 2.24) is 0 Å². The highest BCUT2D eigenvalue weighted by Gasteiger charge is 2.16. The molecule has 0 saturated carbocycles. The minimum absolute atomic E-state index is 0.0146. The van der Waals surface area contributed by atoms with Gasteiger partial charge in [-0.2, -0.15) is 0 Å². The van der Waals surface area contributed by atoms with Gasteiger partial charge in [-0.3, -0.25) is 4.79 Å². The van der Waals surface area contributed by atoms with Crippen LogP contribution in [0.4, 0.5) is 14.5 Å². The van der Waals surface area contributed by atoms with Crippen LogP contribution in [0.15, 0.2) is 24.3 Å². The van der Waals surface area contributed by atoms with Gasteiger partial charge in [-0.1, -0.05) is 0 Å². The minimum Gasteiger partial charge on any atom is -0.399 e. The second-order valence-corrected chi connectivity index (χ2v) is 2.29. The van der Waals surface area contributed by atoms with Crippen LogP contribution in [0, 0.1) is 0 Å². The van der Waals surface area contributed by atoms with E-state index in [1.54, 1.807) is 0 Å². The lowest BCUT2D eigenvalue weighted by Crippen LogP contribution is -2.09. The van der Waals surface area contributed by atoms with E-state index >= 15 is 0 Å². The third-order valence-corrected chi connectivity index (χ3v) is 1.39. The summed E-state index contributed by atoms with van der Waals surface area (Å²) in [5, 5.41) is 0. The van der Waals surface area contributed by atoms with Gasteiger partial charge in [0.1, 0.15) is 0 Å². The van der Waals surface area contributed by atoms with Gasteiger partial charge in [0.2, 0.25) is 5.78 Å². The molecule has 0 aliphatic heterocycles. The zero-order valence-electron chi connectivity index (χ0n) is 6.13. The lowest BCUT2D eigenvalue weighted by Gasteiger charge is -1.98. The number of nitrogen functional groups attached to an aromatic ring is 1. The van der Waals surface area contributed by atoms with Crippen LogP contribution in [-0.4, -0.2) is 12.2 Å². The van der Waals surface area contributed by atoms with Crippen molar-refractivity contribution >= 4 is 11.5 Å². The lowest BCUT2D eigenvalue weighted by atomic mass is 10.1.